The molecule has 2 N–H and O–H groups in total. The molecule has 0 aliphatic carbocycles. The van der Waals surface area contributed by atoms with Gasteiger partial charge in [-0.2, -0.15) is 12.6 Å². The minimum absolute atomic E-state index is 0.0985. The van der Waals surface area contributed by atoms with Crippen molar-refractivity contribution in [3.8, 4) is 0 Å². The van der Waals surface area contributed by atoms with Crippen LogP contribution in [0.25, 0.3) is 0 Å². The molecule has 0 saturated heterocycles. The minimum Gasteiger partial charge on any atom is -0.357 e. The first-order valence-corrected chi connectivity index (χ1v) is 3.87. The van der Waals surface area contributed by atoms with Gasteiger partial charge in [-0.3, -0.25) is 9.59 Å². The molecular weight excluding hydrogens is 164 g/mol. The van der Waals surface area contributed by atoms with Gasteiger partial charge in [0.25, 0.3) is 0 Å². The van der Waals surface area contributed by atoms with Crippen LogP contribution in [0.4, 0.5) is 0 Å². The number of carbonyl (C=O) groups excluding carboxylic acids is 2. The summed E-state index contributed by atoms with van der Waals surface area (Å²) in [5.41, 5.74) is 0. The molecule has 0 aromatic rings. The lowest BCUT2D eigenvalue weighted by molar-refractivity contribution is -0.127. The van der Waals surface area contributed by atoms with E-state index in [4.69, 9.17) is 0 Å². The van der Waals surface area contributed by atoms with E-state index in [0.29, 0.717) is 0 Å². The molecule has 0 spiro atoms. The Bertz CT molecular complexity index is 161. The van der Waals surface area contributed by atoms with Crippen LogP contribution in [0, 0.1) is 0 Å². The fourth-order valence-electron chi connectivity index (χ4n) is 0.569. The lowest BCUT2D eigenvalue weighted by Gasteiger charge is -2.10. The van der Waals surface area contributed by atoms with E-state index >= 15 is 0 Å². The number of amides is 2. The third-order valence-electron chi connectivity index (χ3n) is 1.16. The van der Waals surface area contributed by atoms with Gasteiger partial charge in [-0.1, -0.05) is 0 Å². The van der Waals surface area contributed by atoms with Gasteiger partial charge in [-0.05, 0) is 6.92 Å². The Morgan fingerprint density at radius 2 is 2.09 bits per heavy atom. The van der Waals surface area contributed by atoms with E-state index in [1.807, 2.05) is 0 Å². The second kappa shape index (κ2) is 5.01. The Morgan fingerprint density at radius 3 is 2.45 bits per heavy atom. The maximum absolute atomic E-state index is 10.8. The van der Waals surface area contributed by atoms with Gasteiger partial charge in [0, 0.05) is 7.05 Å². The normalized spacial score (nSPS) is 11.9. The molecule has 0 aliphatic heterocycles. The van der Waals surface area contributed by atoms with E-state index in [2.05, 4.69) is 23.3 Å². The maximum atomic E-state index is 10.8. The van der Waals surface area contributed by atoms with Crippen LogP contribution in [0.5, 0.6) is 0 Å². The first-order chi connectivity index (χ1) is 5.11. The number of thiol groups is 1. The summed E-state index contributed by atoms with van der Waals surface area (Å²) in [6.07, 6.45) is 0. The van der Waals surface area contributed by atoms with Crippen LogP contribution in [0.2, 0.25) is 0 Å². The first kappa shape index (κ1) is 10.3. The summed E-state index contributed by atoms with van der Waals surface area (Å²) in [5.74, 6) is -0.356. The monoisotopic (exact) mass is 176 g/mol. The van der Waals surface area contributed by atoms with E-state index < -0.39 is 6.04 Å². The van der Waals surface area contributed by atoms with Gasteiger partial charge in [0.1, 0.15) is 6.04 Å². The molecule has 1 atom stereocenters. The number of nitrogens with one attached hydrogen (secondary N) is 2. The van der Waals surface area contributed by atoms with Crippen LogP contribution in [-0.4, -0.2) is 30.7 Å². The zero-order valence-corrected chi connectivity index (χ0v) is 7.44. The van der Waals surface area contributed by atoms with E-state index in [1.165, 1.54) is 7.05 Å². The Balaban J connectivity index is 3.77. The zero-order chi connectivity index (χ0) is 8.85. The third kappa shape index (κ3) is 3.87. The topological polar surface area (TPSA) is 58.2 Å². The van der Waals surface area contributed by atoms with Crippen molar-refractivity contribution in [2.24, 2.45) is 0 Å². The number of rotatable bonds is 3. The summed E-state index contributed by atoms with van der Waals surface area (Å²) in [6.45, 7) is 1.61. The van der Waals surface area contributed by atoms with Crippen molar-refractivity contribution in [2.75, 3.05) is 12.8 Å². The van der Waals surface area contributed by atoms with Gasteiger partial charge in [0.05, 0.1) is 5.75 Å². The van der Waals surface area contributed by atoms with Crippen LogP contribution in [0.1, 0.15) is 6.92 Å². The molecule has 2 amide bonds. The van der Waals surface area contributed by atoms with Gasteiger partial charge < -0.3 is 10.6 Å². The molecule has 0 aromatic carbocycles. The van der Waals surface area contributed by atoms with Gasteiger partial charge in [0.2, 0.25) is 11.8 Å². The molecule has 1 unspecified atom stereocenters. The molecule has 0 heterocycles. The molecule has 0 radical (unpaired) electrons. The molecule has 0 bridgehead atoms. The molecule has 5 heteroatoms. The van der Waals surface area contributed by atoms with Gasteiger partial charge >= 0.3 is 0 Å². The summed E-state index contributed by atoms with van der Waals surface area (Å²) in [6, 6.07) is -0.486. The molecule has 4 nitrogen and oxygen atoms in total. The minimum atomic E-state index is -0.486. The fraction of sp³-hybridized carbons (Fsp3) is 0.667. The van der Waals surface area contributed by atoms with Gasteiger partial charge in [0.15, 0.2) is 0 Å². The van der Waals surface area contributed by atoms with Crippen molar-refractivity contribution in [1.29, 1.82) is 0 Å². The summed E-state index contributed by atoms with van der Waals surface area (Å²) in [4.78, 5) is 21.5. The summed E-state index contributed by atoms with van der Waals surface area (Å²) in [7, 11) is 1.52. The standard InChI is InChI=1S/C6H12N2O2S/c1-4(6(10)7-2)8-5(9)3-11/h4,11H,3H2,1-2H3,(H,7,10)(H,8,9). The first-order valence-electron chi connectivity index (χ1n) is 3.23. The van der Waals surface area contributed by atoms with Crippen molar-refractivity contribution in [3.05, 3.63) is 0 Å². The summed E-state index contributed by atoms with van der Waals surface area (Å²) >= 11 is 3.74. The predicted octanol–water partition coefficient (Wildman–Crippen LogP) is -0.833. The molecule has 0 rings (SSSR count). The van der Waals surface area contributed by atoms with Crippen molar-refractivity contribution in [1.82, 2.24) is 10.6 Å². The van der Waals surface area contributed by atoms with Crippen LogP contribution in [0.3, 0.4) is 0 Å². The average Bonchev–Trinajstić information content (AvgIpc) is 2.02. The number of hydrogen-bond acceptors (Lipinski definition) is 3. The summed E-state index contributed by atoms with van der Waals surface area (Å²) < 4.78 is 0. The third-order valence-corrected chi connectivity index (χ3v) is 1.45. The highest BCUT2D eigenvalue weighted by Crippen LogP contribution is 1.82. The molecule has 0 saturated carbocycles. The van der Waals surface area contributed by atoms with E-state index in [-0.39, 0.29) is 17.6 Å². The molecule has 0 aliphatic rings. The van der Waals surface area contributed by atoms with Crippen molar-refractivity contribution in [3.63, 3.8) is 0 Å². The number of hydrogen-bond donors (Lipinski definition) is 3. The van der Waals surface area contributed by atoms with E-state index in [9.17, 15) is 9.59 Å². The number of likely N-dealkylation sites (N-methyl/N-ethyl adjacent to an activating group) is 1. The highest BCUT2D eigenvalue weighted by Gasteiger charge is 2.11. The van der Waals surface area contributed by atoms with Crippen LogP contribution in [-0.2, 0) is 9.59 Å². The van der Waals surface area contributed by atoms with Crippen LogP contribution < -0.4 is 10.6 Å². The molecular formula is C6H12N2O2S. The van der Waals surface area contributed by atoms with Gasteiger partial charge in [-0.15, -0.1) is 0 Å². The van der Waals surface area contributed by atoms with Crippen molar-refractivity contribution >= 4 is 24.4 Å². The Labute approximate surface area is 71.1 Å². The fourth-order valence-corrected chi connectivity index (χ4v) is 0.660. The molecule has 0 aromatic heterocycles. The average molecular weight is 176 g/mol. The Hall–Kier alpha value is -0.710. The highest BCUT2D eigenvalue weighted by atomic mass is 32.1. The lowest BCUT2D eigenvalue weighted by atomic mass is 10.3. The number of carbonyl (C=O) groups is 2. The smallest absolute Gasteiger partial charge is 0.242 e. The van der Waals surface area contributed by atoms with E-state index in [1.54, 1.807) is 6.92 Å². The predicted molar refractivity (Wildman–Crippen MR) is 45.5 cm³/mol. The molecule has 64 valence electrons. The quantitative estimate of drug-likeness (QED) is 0.491. The SMILES string of the molecule is CNC(=O)C(C)NC(=O)CS. The lowest BCUT2D eigenvalue weighted by Crippen LogP contribution is -2.44. The Morgan fingerprint density at radius 1 is 1.55 bits per heavy atom. The maximum Gasteiger partial charge on any atom is 0.242 e. The molecule has 0 fully saturated rings. The Kier molecular flexibility index (Phi) is 4.69. The van der Waals surface area contributed by atoms with Crippen molar-refractivity contribution < 1.29 is 9.59 Å². The van der Waals surface area contributed by atoms with Crippen LogP contribution >= 0.6 is 12.6 Å². The summed E-state index contributed by atoms with van der Waals surface area (Å²) in [5, 5.41) is 4.87. The highest BCUT2D eigenvalue weighted by molar-refractivity contribution is 7.81. The van der Waals surface area contributed by atoms with Gasteiger partial charge in [-0.25, -0.2) is 0 Å². The molecule has 11 heavy (non-hydrogen) atoms. The van der Waals surface area contributed by atoms with Crippen molar-refractivity contribution in [2.45, 2.75) is 13.0 Å². The van der Waals surface area contributed by atoms with Crippen LogP contribution in [0.15, 0.2) is 0 Å². The second-order valence-corrected chi connectivity index (χ2v) is 2.38. The second-order valence-electron chi connectivity index (χ2n) is 2.06. The van der Waals surface area contributed by atoms with E-state index in [0.717, 1.165) is 0 Å². The largest absolute Gasteiger partial charge is 0.357 e. The zero-order valence-electron chi connectivity index (χ0n) is 6.55.